The van der Waals surface area contributed by atoms with Crippen molar-refractivity contribution in [1.29, 1.82) is 5.26 Å². The van der Waals surface area contributed by atoms with E-state index in [1.54, 1.807) is 0 Å². The zero-order chi connectivity index (χ0) is 10.6. The average molecular weight is 210 g/mol. The predicted octanol–water partition coefficient (Wildman–Crippen LogP) is 1.20. The van der Waals surface area contributed by atoms with Crippen molar-refractivity contribution in [3.05, 3.63) is 5.01 Å². The second-order valence-electron chi connectivity index (χ2n) is 2.69. The van der Waals surface area contributed by atoms with Gasteiger partial charge in [0.15, 0.2) is 0 Å². The van der Waals surface area contributed by atoms with Crippen LogP contribution in [-0.2, 0) is 11.2 Å². The van der Waals surface area contributed by atoms with E-state index in [0.29, 0.717) is 5.13 Å². The molecule has 1 aromatic heterocycles. The van der Waals surface area contributed by atoms with Crippen LogP contribution in [0, 0.1) is 17.2 Å². The van der Waals surface area contributed by atoms with Gasteiger partial charge in [0.05, 0.1) is 6.07 Å². The van der Waals surface area contributed by atoms with Crippen molar-refractivity contribution in [3.63, 3.8) is 0 Å². The lowest BCUT2D eigenvalue weighted by atomic mass is 10.2. The van der Waals surface area contributed by atoms with Gasteiger partial charge in [0.25, 0.3) is 0 Å². The summed E-state index contributed by atoms with van der Waals surface area (Å²) in [6.45, 7) is 3.50. The van der Waals surface area contributed by atoms with Crippen LogP contribution >= 0.6 is 11.3 Å². The Balaban J connectivity index is 2.61. The molecule has 1 amide bonds. The first-order valence-electron chi connectivity index (χ1n) is 4.20. The van der Waals surface area contributed by atoms with Gasteiger partial charge in [-0.3, -0.25) is 10.1 Å². The van der Waals surface area contributed by atoms with Crippen LogP contribution in [0.4, 0.5) is 5.13 Å². The van der Waals surface area contributed by atoms with Crippen molar-refractivity contribution in [2.24, 2.45) is 5.92 Å². The summed E-state index contributed by atoms with van der Waals surface area (Å²) in [4.78, 5) is 11.2. The molecule has 1 rings (SSSR count). The van der Waals surface area contributed by atoms with E-state index in [2.05, 4.69) is 15.5 Å². The normalized spacial score (nSPS) is 11.8. The molecule has 1 unspecified atom stereocenters. The molecule has 0 aliphatic carbocycles. The zero-order valence-electron chi connectivity index (χ0n) is 7.94. The van der Waals surface area contributed by atoms with Crippen molar-refractivity contribution in [2.45, 2.75) is 20.3 Å². The number of carbonyl (C=O) groups is 1. The third-order valence-electron chi connectivity index (χ3n) is 1.59. The van der Waals surface area contributed by atoms with Gasteiger partial charge in [-0.25, -0.2) is 0 Å². The van der Waals surface area contributed by atoms with Crippen LogP contribution in [0.5, 0.6) is 0 Å². The minimum absolute atomic E-state index is 0.341. The molecule has 0 aromatic carbocycles. The summed E-state index contributed by atoms with van der Waals surface area (Å²) in [7, 11) is 0. The lowest BCUT2D eigenvalue weighted by Gasteiger charge is -2.00. The number of amides is 1. The van der Waals surface area contributed by atoms with Gasteiger partial charge in [0, 0.05) is 0 Å². The molecule has 0 saturated heterocycles. The summed E-state index contributed by atoms with van der Waals surface area (Å²) in [6, 6.07) is 1.85. The fourth-order valence-corrected chi connectivity index (χ4v) is 1.40. The number of rotatable bonds is 3. The third-order valence-corrected chi connectivity index (χ3v) is 2.57. The fraction of sp³-hybridized carbons (Fsp3) is 0.500. The number of anilines is 1. The summed E-state index contributed by atoms with van der Waals surface area (Å²) in [5.41, 5.74) is 0. The van der Waals surface area contributed by atoms with Gasteiger partial charge in [0.1, 0.15) is 10.9 Å². The molecule has 14 heavy (non-hydrogen) atoms. The molecule has 0 bridgehead atoms. The maximum atomic E-state index is 11.2. The summed E-state index contributed by atoms with van der Waals surface area (Å²) in [5.74, 6) is -1.00. The van der Waals surface area contributed by atoms with Crippen LogP contribution in [0.1, 0.15) is 18.9 Å². The average Bonchev–Trinajstić information content (AvgIpc) is 2.64. The molecule has 0 aliphatic heterocycles. The van der Waals surface area contributed by atoms with E-state index in [9.17, 15) is 4.79 Å². The maximum absolute atomic E-state index is 11.2. The molecular weight excluding hydrogens is 200 g/mol. The standard InChI is InChI=1S/C8H10N4OS/c1-3-6-11-12-8(14-6)10-7(13)5(2)4-9/h5H,3H2,1-2H3,(H,10,12,13). The number of hydrogen-bond acceptors (Lipinski definition) is 5. The highest BCUT2D eigenvalue weighted by Crippen LogP contribution is 2.15. The number of nitriles is 1. The highest BCUT2D eigenvalue weighted by molar-refractivity contribution is 7.15. The SMILES string of the molecule is CCc1nnc(NC(=O)C(C)C#N)s1. The molecule has 1 atom stereocenters. The van der Waals surface area contributed by atoms with Crippen LogP contribution in [0.3, 0.4) is 0 Å². The van der Waals surface area contributed by atoms with E-state index < -0.39 is 5.92 Å². The molecule has 0 aliphatic rings. The summed E-state index contributed by atoms with van der Waals surface area (Å²) in [6.07, 6.45) is 0.793. The molecule has 0 fully saturated rings. The quantitative estimate of drug-likeness (QED) is 0.813. The molecule has 0 radical (unpaired) electrons. The summed E-state index contributed by atoms with van der Waals surface area (Å²) in [5, 5.41) is 20.0. The number of aryl methyl sites for hydroxylation is 1. The Labute approximate surface area is 85.8 Å². The lowest BCUT2D eigenvalue weighted by molar-refractivity contribution is -0.117. The zero-order valence-corrected chi connectivity index (χ0v) is 8.76. The minimum Gasteiger partial charge on any atom is -0.299 e. The van der Waals surface area contributed by atoms with Gasteiger partial charge in [-0.15, -0.1) is 10.2 Å². The van der Waals surface area contributed by atoms with Gasteiger partial charge in [0.2, 0.25) is 11.0 Å². The number of carbonyl (C=O) groups excluding carboxylic acids is 1. The van der Waals surface area contributed by atoms with Gasteiger partial charge in [-0.05, 0) is 13.3 Å². The molecule has 0 saturated carbocycles. The Hall–Kier alpha value is -1.48. The van der Waals surface area contributed by atoms with E-state index in [0.717, 1.165) is 11.4 Å². The monoisotopic (exact) mass is 210 g/mol. The second-order valence-corrected chi connectivity index (χ2v) is 3.76. The molecule has 5 nitrogen and oxygen atoms in total. The molecule has 74 valence electrons. The van der Waals surface area contributed by atoms with Crippen molar-refractivity contribution in [2.75, 3.05) is 5.32 Å². The largest absolute Gasteiger partial charge is 0.299 e. The highest BCUT2D eigenvalue weighted by Gasteiger charge is 2.13. The Morgan fingerprint density at radius 3 is 2.93 bits per heavy atom. The Morgan fingerprint density at radius 2 is 2.43 bits per heavy atom. The number of nitrogens with one attached hydrogen (secondary N) is 1. The first kappa shape index (κ1) is 10.6. The van der Waals surface area contributed by atoms with E-state index in [1.165, 1.54) is 18.3 Å². The minimum atomic E-state index is -0.663. The van der Waals surface area contributed by atoms with E-state index in [-0.39, 0.29) is 5.91 Å². The number of nitrogens with zero attached hydrogens (tertiary/aromatic N) is 3. The van der Waals surface area contributed by atoms with E-state index >= 15 is 0 Å². The number of aromatic nitrogens is 2. The van der Waals surface area contributed by atoms with Gasteiger partial charge >= 0.3 is 0 Å². The first-order valence-corrected chi connectivity index (χ1v) is 5.02. The third kappa shape index (κ3) is 2.50. The van der Waals surface area contributed by atoms with Gasteiger partial charge in [-0.1, -0.05) is 18.3 Å². The maximum Gasteiger partial charge on any atom is 0.243 e. The van der Waals surface area contributed by atoms with Crippen molar-refractivity contribution in [1.82, 2.24) is 10.2 Å². The second kappa shape index (κ2) is 4.67. The molecular formula is C8H10N4OS. The summed E-state index contributed by atoms with van der Waals surface area (Å²) < 4.78 is 0. The lowest BCUT2D eigenvalue weighted by Crippen LogP contribution is -2.18. The van der Waals surface area contributed by atoms with Crippen LogP contribution in [0.25, 0.3) is 0 Å². The molecule has 1 aromatic rings. The first-order chi connectivity index (χ1) is 6.67. The molecule has 1 N–H and O–H groups in total. The Morgan fingerprint density at radius 1 is 1.71 bits per heavy atom. The van der Waals surface area contributed by atoms with E-state index in [1.807, 2.05) is 13.0 Å². The predicted molar refractivity (Wildman–Crippen MR) is 52.7 cm³/mol. The molecule has 0 spiro atoms. The smallest absolute Gasteiger partial charge is 0.243 e. The van der Waals surface area contributed by atoms with Crippen LogP contribution in [0.15, 0.2) is 0 Å². The van der Waals surface area contributed by atoms with Crippen LogP contribution < -0.4 is 5.32 Å². The van der Waals surface area contributed by atoms with Crippen molar-refractivity contribution in [3.8, 4) is 6.07 Å². The molecule has 1 heterocycles. The topological polar surface area (TPSA) is 78.7 Å². The fourth-order valence-electron chi connectivity index (χ4n) is 0.719. The molecule has 6 heteroatoms. The number of hydrogen-bond donors (Lipinski definition) is 1. The van der Waals surface area contributed by atoms with Crippen LogP contribution in [-0.4, -0.2) is 16.1 Å². The van der Waals surface area contributed by atoms with Crippen molar-refractivity contribution < 1.29 is 4.79 Å². The highest BCUT2D eigenvalue weighted by atomic mass is 32.1. The Bertz CT molecular complexity index is 368. The Kier molecular flexibility index (Phi) is 3.54. The van der Waals surface area contributed by atoms with Crippen LogP contribution in [0.2, 0.25) is 0 Å². The summed E-state index contributed by atoms with van der Waals surface area (Å²) >= 11 is 1.33. The van der Waals surface area contributed by atoms with E-state index in [4.69, 9.17) is 5.26 Å². The van der Waals surface area contributed by atoms with Crippen molar-refractivity contribution >= 4 is 22.4 Å². The van der Waals surface area contributed by atoms with Gasteiger partial charge in [-0.2, -0.15) is 5.26 Å². The van der Waals surface area contributed by atoms with Gasteiger partial charge < -0.3 is 0 Å².